The van der Waals surface area contributed by atoms with Crippen LogP contribution in [0.25, 0.3) is 0 Å². The molecular formula is C12H12N3O. The summed E-state index contributed by atoms with van der Waals surface area (Å²) in [5.41, 5.74) is 1.71. The number of aromatic nitrogens is 2. The average molecular weight is 214 g/mol. The lowest BCUT2D eigenvalue weighted by molar-refractivity contribution is 0.562. The highest BCUT2D eigenvalue weighted by Gasteiger charge is 1.96. The third kappa shape index (κ3) is 2.77. The van der Waals surface area contributed by atoms with Crippen molar-refractivity contribution in [1.82, 2.24) is 15.3 Å². The fraction of sp³-hybridized carbons (Fsp3) is 0.167. The van der Waals surface area contributed by atoms with Gasteiger partial charge in [0.25, 0.3) is 0 Å². The van der Waals surface area contributed by atoms with Crippen molar-refractivity contribution >= 4 is 6.29 Å². The van der Waals surface area contributed by atoms with Crippen LogP contribution >= 0.6 is 0 Å². The summed E-state index contributed by atoms with van der Waals surface area (Å²) in [6.07, 6.45) is 5.37. The van der Waals surface area contributed by atoms with Crippen molar-refractivity contribution in [1.29, 1.82) is 0 Å². The monoisotopic (exact) mass is 214 g/mol. The number of hydrogen-bond acceptors (Lipinski definition) is 3. The molecule has 0 aliphatic rings. The van der Waals surface area contributed by atoms with Gasteiger partial charge in [0.15, 0.2) is 0 Å². The van der Waals surface area contributed by atoms with E-state index < -0.39 is 0 Å². The summed E-state index contributed by atoms with van der Waals surface area (Å²) < 4.78 is 0. The maximum Gasteiger partial charge on any atom is 0.233 e. The molecule has 0 unspecified atom stereocenters. The lowest BCUT2D eigenvalue weighted by Crippen LogP contribution is -2.13. The predicted octanol–water partition coefficient (Wildman–Crippen LogP) is 1.16. The van der Waals surface area contributed by atoms with E-state index >= 15 is 0 Å². The summed E-state index contributed by atoms with van der Waals surface area (Å²) in [7, 11) is 0. The number of rotatable bonds is 5. The second-order valence-electron chi connectivity index (χ2n) is 3.44. The Morgan fingerprint density at radius 1 is 1.25 bits per heavy atom. The molecule has 4 heteroatoms. The van der Waals surface area contributed by atoms with Crippen molar-refractivity contribution in [3.8, 4) is 0 Å². The topological polar surface area (TPSA) is 57.8 Å². The standard InChI is InChI=1S/C12H12N3O/c16-9-11-3-1-10(2-4-11)7-13-8-12-14-5-6-15-12/h1-6,13H,7-8H2,(H,14,15). The maximum absolute atomic E-state index is 10.3. The number of nitrogens with one attached hydrogen (secondary N) is 2. The zero-order valence-electron chi connectivity index (χ0n) is 8.73. The van der Waals surface area contributed by atoms with Crippen LogP contribution in [0.1, 0.15) is 17.0 Å². The largest absolute Gasteiger partial charge is 0.348 e. The Bertz CT molecular complexity index is 434. The van der Waals surface area contributed by atoms with Crippen molar-refractivity contribution in [2.24, 2.45) is 0 Å². The molecule has 0 bridgehead atoms. The highest BCUT2D eigenvalue weighted by Crippen LogP contribution is 2.02. The highest BCUT2D eigenvalue weighted by molar-refractivity contribution is 5.75. The molecule has 0 atom stereocenters. The van der Waals surface area contributed by atoms with Crippen LogP contribution in [-0.4, -0.2) is 16.3 Å². The van der Waals surface area contributed by atoms with Crippen LogP contribution in [0.3, 0.4) is 0 Å². The summed E-state index contributed by atoms with van der Waals surface area (Å²) in [6.45, 7) is 1.45. The number of hydrogen-bond donors (Lipinski definition) is 2. The second kappa shape index (κ2) is 5.23. The third-order valence-electron chi connectivity index (χ3n) is 2.25. The lowest BCUT2D eigenvalue weighted by atomic mass is 10.1. The van der Waals surface area contributed by atoms with Gasteiger partial charge in [-0.3, -0.25) is 4.79 Å². The minimum atomic E-state index is 0.579. The first kappa shape index (κ1) is 10.6. The maximum atomic E-state index is 10.3. The van der Waals surface area contributed by atoms with Gasteiger partial charge in [0.1, 0.15) is 5.82 Å². The molecule has 0 saturated heterocycles. The molecule has 4 nitrogen and oxygen atoms in total. The van der Waals surface area contributed by atoms with Crippen LogP contribution in [0.15, 0.2) is 36.7 Å². The molecule has 16 heavy (non-hydrogen) atoms. The van der Waals surface area contributed by atoms with E-state index in [0.717, 1.165) is 17.9 Å². The quantitative estimate of drug-likeness (QED) is 0.785. The van der Waals surface area contributed by atoms with Gasteiger partial charge in [-0.05, 0) is 5.56 Å². The summed E-state index contributed by atoms with van der Waals surface area (Å²) in [5, 5.41) is 3.25. The van der Waals surface area contributed by atoms with Crippen molar-refractivity contribution in [3.05, 3.63) is 53.6 Å². The summed E-state index contributed by atoms with van der Waals surface area (Å²) in [4.78, 5) is 17.5. The summed E-state index contributed by atoms with van der Waals surface area (Å²) in [6, 6.07) is 7.35. The second-order valence-corrected chi connectivity index (χ2v) is 3.44. The first-order valence-corrected chi connectivity index (χ1v) is 5.04. The number of aromatic amines is 1. The first-order valence-electron chi connectivity index (χ1n) is 5.04. The number of carbonyl (C=O) groups excluding carboxylic acids is 1. The third-order valence-corrected chi connectivity index (χ3v) is 2.25. The smallest absolute Gasteiger partial charge is 0.233 e. The Morgan fingerprint density at radius 2 is 2.06 bits per heavy atom. The van der Waals surface area contributed by atoms with E-state index in [1.807, 2.05) is 18.4 Å². The van der Waals surface area contributed by atoms with Crippen molar-refractivity contribution < 1.29 is 4.79 Å². The molecule has 0 fully saturated rings. The fourth-order valence-corrected chi connectivity index (χ4v) is 1.41. The molecule has 2 rings (SSSR count). The average Bonchev–Trinajstić information content (AvgIpc) is 2.83. The molecule has 81 valence electrons. The zero-order valence-corrected chi connectivity index (χ0v) is 8.73. The first-order chi connectivity index (χ1) is 7.88. The molecule has 0 aliphatic heterocycles. The van der Waals surface area contributed by atoms with Gasteiger partial charge >= 0.3 is 0 Å². The lowest BCUT2D eigenvalue weighted by Gasteiger charge is -2.02. The molecule has 0 aliphatic carbocycles. The van der Waals surface area contributed by atoms with Crippen LogP contribution in [0, 0.1) is 0 Å². The van der Waals surface area contributed by atoms with E-state index in [2.05, 4.69) is 15.3 Å². The van der Waals surface area contributed by atoms with Crippen LogP contribution in [0.2, 0.25) is 0 Å². The fourth-order valence-electron chi connectivity index (χ4n) is 1.41. The number of nitrogens with zero attached hydrogens (tertiary/aromatic N) is 1. The van der Waals surface area contributed by atoms with Crippen molar-refractivity contribution in [3.63, 3.8) is 0 Å². The van der Waals surface area contributed by atoms with E-state index in [4.69, 9.17) is 0 Å². The van der Waals surface area contributed by atoms with Gasteiger partial charge in [-0.25, -0.2) is 4.98 Å². The molecule has 1 radical (unpaired) electrons. The van der Waals surface area contributed by atoms with E-state index in [-0.39, 0.29) is 0 Å². The minimum absolute atomic E-state index is 0.579. The summed E-state index contributed by atoms with van der Waals surface area (Å²) in [5.74, 6) is 0.915. The normalized spacial score (nSPS) is 10.2. The van der Waals surface area contributed by atoms with Crippen LogP contribution < -0.4 is 5.32 Å². The molecule has 1 aromatic heterocycles. The Balaban J connectivity index is 1.83. The minimum Gasteiger partial charge on any atom is -0.348 e. The Kier molecular flexibility index (Phi) is 3.46. The van der Waals surface area contributed by atoms with E-state index in [1.54, 1.807) is 24.5 Å². The molecular weight excluding hydrogens is 202 g/mol. The number of imidazole rings is 1. The molecule has 0 spiro atoms. The number of benzene rings is 1. The SMILES string of the molecule is O=[C]c1ccc(CNCc2ncc[nH]2)cc1. The zero-order chi connectivity index (χ0) is 11.2. The molecule has 0 saturated carbocycles. The van der Waals surface area contributed by atoms with Gasteiger partial charge in [0.2, 0.25) is 6.29 Å². The van der Waals surface area contributed by atoms with Gasteiger partial charge in [0.05, 0.1) is 6.54 Å². The molecule has 1 heterocycles. The van der Waals surface area contributed by atoms with Crippen molar-refractivity contribution in [2.75, 3.05) is 0 Å². The van der Waals surface area contributed by atoms with Gasteiger partial charge in [0, 0.05) is 24.5 Å². The van der Waals surface area contributed by atoms with Crippen molar-refractivity contribution in [2.45, 2.75) is 13.1 Å². The van der Waals surface area contributed by atoms with Gasteiger partial charge in [-0.15, -0.1) is 0 Å². The molecule has 1 aromatic carbocycles. The van der Waals surface area contributed by atoms with Gasteiger partial charge in [-0.2, -0.15) is 0 Å². The van der Waals surface area contributed by atoms with E-state index in [0.29, 0.717) is 12.1 Å². The Morgan fingerprint density at radius 3 is 2.69 bits per heavy atom. The number of H-pyrrole nitrogens is 1. The Hall–Kier alpha value is -1.94. The predicted molar refractivity (Wildman–Crippen MR) is 60.4 cm³/mol. The summed E-state index contributed by atoms with van der Waals surface area (Å²) >= 11 is 0. The van der Waals surface area contributed by atoms with Crippen LogP contribution in [-0.2, 0) is 17.9 Å². The molecule has 2 N–H and O–H groups in total. The van der Waals surface area contributed by atoms with Crippen LogP contribution in [0.4, 0.5) is 0 Å². The van der Waals surface area contributed by atoms with Gasteiger partial charge < -0.3 is 10.3 Å². The molecule has 2 aromatic rings. The van der Waals surface area contributed by atoms with E-state index in [1.165, 1.54) is 0 Å². The molecule has 0 amide bonds. The van der Waals surface area contributed by atoms with Crippen LogP contribution in [0.5, 0.6) is 0 Å². The van der Waals surface area contributed by atoms with Gasteiger partial charge in [-0.1, -0.05) is 24.3 Å². The Labute approximate surface area is 93.7 Å². The van der Waals surface area contributed by atoms with E-state index in [9.17, 15) is 4.79 Å². The highest BCUT2D eigenvalue weighted by atomic mass is 16.1.